The number of benzene rings is 1. The lowest BCUT2D eigenvalue weighted by atomic mass is 10.1. The number of piperidine rings is 1. The zero-order valence-electron chi connectivity index (χ0n) is 12.5. The Bertz CT molecular complexity index is 608. The Morgan fingerprint density at radius 2 is 1.90 bits per heavy atom. The zero-order valence-corrected chi connectivity index (χ0v) is 13.3. The molecule has 1 saturated heterocycles. The summed E-state index contributed by atoms with van der Waals surface area (Å²) < 4.78 is 24.1. The molecule has 2 rings (SSSR count). The lowest BCUT2D eigenvalue weighted by Gasteiger charge is -2.30. The third-order valence-electron chi connectivity index (χ3n) is 3.80. The van der Waals surface area contributed by atoms with Gasteiger partial charge in [-0.15, -0.1) is 0 Å². The molecular weight excluding hydrogens is 288 g/mol. The van der Waals surface area contributed by atoms with Gasteiger partial charge >= 0.3 is 0 Å². The van der Waals surface area contributed by atoms with Gasteiger partial charge in [0.15, 0.2) is 9.84 Å². The highest BCUT2D eigenvalue weighted by molar-refractivity contribution is 7.92. The molecule has 0 saturated carbocycles. The summed E-state index contributed by atoms with van der Waals surface area (Å²) in [5.41, 5.74) is 6.39. The van der Waals surface area contributed by atoms with Crippen molar-refractivity contribution in [3.05, 3.63) is 29.8 Å². The fraction of sp³-hybridized carbons (Fsp3) is 0.533. The molecule has 0 aromatic heterocycles. The second kappa shape index (κ2) is 6.15. The van der Waals surface area contributed by atoms with Crippen molar-refractivity contribution in [2.45, 2.75) is 42.9 Å². The summed E-state index contributed by atoms with van der Waals surface area (Å²) in [6.45, 7) is 4.55. The third kappa shape index (κ3) is 3.44. The Balaban J connectivity index is 2.17. The highest BCUT2D eigenvalue weighted by Crippen LogP contribution is 2.18. The second-order valence-corrected chi connectivity index (χ2v) is 8.28. The molecule has 1 heterocycles. The van der Waals surface area contributed by atoms with Crippen molar-refractivity contribution >= 4 is 15.7 Å². The summed E-state index contributed by atoms with van der Waals surface area (Å²) >= 11 is 0. The lowest BCUT2D eigenvalue weighted by molar-refractivity contribution is 0.0708. The largest absolute Gasteiger partial charge is 0.337 e. The number of nitrogens with two attached hydrogens (primary N) is 1. The molecule has 0 spiro atoms. The minimum Gasteiger partial charge on any atom is -0.337 e. The van der Waals surface area contributed by atoms with Gasteiger partial charge in [0.25, 0.3) is 5.91 Å². The van der Waals surface area contributed by atoms with Gasteiger partial charge < -0.3 is 10.6 Å². The van der Waals surface area contributed by atoms with Crippen molar-refractivity contribution in [2.24, 2.45) is 5.73 Å². The summed E-state index contributed by atoms with van der Waals surface area (Å²) in [5.74, 6) is -0.0846. The number of carbonyl (C=O) groups excluding carboxylic acids is 1. The maximum Gasteiger partial charge on any atom is 0.253 e. The number of likely N-dealkylation sites (tertiary alicyclic amines) is 1. The van der Waals surface area contributed by atoms with Crippen LogP contribution in [0.1, 0.15) is 37.0 Å². The Morgan fingerprint density at radius 1 is 1.29 bits per heavy atom. The van der Waals surface area contributed by atoms with Crippen molar-refractivity contribution in [1.82, 2.24) is 4.90 Å². The SMILES string of the molecule is CC(C)S(=O)(=O)c1ccc(C(=O)N2CCC[C@@H](N)C2)cc1. The van der Waals surface area contributed by atoms with Crippen LogP contribution in [0.4, 0.5) is 0 Å². The molecule has 1 aromatic carbocycles. The third-order valence-corrected chi connectivity index (χ3v) is 5.97. The van der Waals surface area contributed by atoms with Gasteiger partial charge in [-0.05, 0) is 51.0 Å². The maximum atomic E-state index is 12.4. The lowest BCUT2D eigenvalue weighted by Crippen LogP contribution is -2.45. The van der Waals surface area contributed by atoms with Crippen molar-refractivity contribution in [1.29, 1.82) is 0 Å². The van der Waals surface area contributed by atoms with E-state index >= 15 is 0 Å². The van der Waals surface area contributed by atoms with E-state index in [-0.39, 0.29) is 16.8 Å². The van der Waals surface area contributed by atoms with Crippen LogP contribution < -0.4 is 5.73 Å². The van der Waals surface area contributed by atoms with E-state index in [0.29, 0.717) is 18.7 Å². The molecule has 6 heteroatoms. The number of hydrogen-bond acceptors (Lipinski definition) is 4. The molecule has 1 aliphatic heterocycles. The Morgan fingerprint density at radius 3 is 2.43 bits per heavy atom. The first-order chi connectivity index (χ1) is 9.82. The van der Waals surface area contributed by atoms with Gasteiger partial charge in [-0.3, -0.25) is 4.79 Å². The molecule has 5 nitrogen and oxygen atoms in total. The fourth-order valence-electron chi connectivity index (χ4n) is 2.44. The van der Waals surface area contributed by atoms with Crippen molar-refractivity contribution in [3.63, 3.8) is 0 Å². The van der Waals surface area contributed by atoms with Gasteiger partial charge in [0.2, 0.25) is 0 Å². The fourth-order valence-corrected chi connectivity index (χ4v) is 3.50. The molecule has 0 aliphatic carbocycles. The van der Waals surface area contributed by atoms with E-state index in [1.165, 1.54) is 12.1 Å². The van der Waals surface area contributed by atoms with Crippen LogP contribution in [0, 0.1) is 0 Å². The molecule has 0 radical (unpaired) electrons. The van der Waals surface area contributed by atoms with Crippen LogP contribution in [0.25, 0.3) is 0 Å². The number of carbonyl (C=O) groups is 1. The maximum absolute atomic E-state index is 12.4. The highest BCUT2D eigenvalue weighted by atomic mass is 32.2. The van der Waals surface area contributed by atoms with Crippen molar-refractivity contribution in [2.75, 3.05) is 13.1 Å². The molecule has 0 bridgehead atoms. The van der Waals surface area contributed by atoms with Gasteiger partial charge in [-0.1, -0.05) is 0 Å². The number of amides is 1. The standard InChI is InChI=1S/C15H22N2O3S/c1-11(2)21(19,20)14-7-5-12(6-8-14)15(18)17-9-3-4-13(16)10-17/h5-8,11,13H,3-4,9-10,16H2,1-2H3/t13-/m1/s1. The smallest absolute Gasteiger partial charge is 0.253 e. The minimum atomic E-state index is -3.30. The van der Waals surface area contributed by atoms with Crippen LogP contribution in [0.15, 0.2) is 29.2 Å². The molecule has 1 amide bonds. The molecule has 1 fully saturated rings. The van der Waals surface area contributed by atoms with Crippen LogP contribution in [-0.2, 0) is 9.84 Å². The predicted molar refractivity (Wildman–Crippen MR) is 81.9 cm³/mol. The van der Waals surface area contributed by atoms with Gasteiger partial charge in [0, 0.05) is 24.7 Å². The number of nitrogens with zero attached hydrogens (tertiary/aromatic N) is 1. The van der Waals surface area contributed by atoms with E-state index < -0.39 is 15.1 Å². The molecule has 2 N–H and O–H groups in total. The molecule has 0 unspecified atom stereocenters. The Hall–Kier alpha value is -1.40. The number of hydrogen-bond donors (Lipinski definition) is 1. The van der Waals surface area contributed by atoms with Gasteiger partial charge in [0.1, 0.15) is 0 Å². The van der Waals surface area contributed by atoms with Gasteiger partial charge in [-0.25, -0.2) is 8.42 Å². The first kappa shape index (κ1) is 16.0. The molecule has 1 aromatic rings. The van der Waals surface area contributed by atoms with Crippen molar-refractivity contribution in [3.8, 4) is 0 Å². The van der Waals surface area contributed by atoms with Crippen LogP contribution in [-0.4, -0.2) is 43.6 Å². The molecule has 1 atom stereocenters. The summed E-state index contributed by atoms with van der Waals surface area (Å²) in [7, 11) is -3.30. The molecule has 21 heavy (non-hydrogen) atoms. The average molecular weight is 310 g/mol. The Labute approximate surface area is 126 Å². The zero-order chi connectivity index (χ0) is 15.6. The van der Waals surface area contributed by atoms with Crippen LogP contribution in [0.2, 0.25) is 0 Å². The van der Waals surface area contributed by atoms with Crippen molar-refractivity contribution < 1.29 is 13.2 Å². The number of rotatable bonds is 3. The average Bonchev–Trinajstić information content (AvgIpc) is 2.46. The van der Waals surface area contributed by atoms with E-state index in [1.54, 1.807) is 30.9 Å². The minimum absolute atomic E-state index is 0.0308. The van der Waals surface area contributed by atoms with E-state index in [4.69, 9.17) is 5.73 Å². The number of sulfone groups is 1. The van der Waals surface area contributed by atoms with E-state index in [2.05, 4.69) is 0 Å². The normalized spacial score (nSPS) is 19.8. The molecular formula is C15H22N2O3S. The van der Waals surface area contributed by atoms with Gasteiger partial charge in [-0.2, -0.15) is 0 Å². The van der Waals surface area contributed by atoms with Crippen LogP contribution >= 0.6 is 0 Å². The second-order valence-electron chi connectivity index (χ2n) is 5.77. The van der Waals surface area contributed by atoms with E-state index in [9.17, 15) is 13.2 Å². The highest BCUT2D eigenvalue weighted by Gasteiger charge is 2.23. The Kier molecular flexibility index (Phi) is 4.68. The monoisotopic (exact) mass is 310 g/mol. The van der Waals surface area contributed by atoms with E-state index in [0.717, 1.165) is 12.8 Å². The quantitative estimate of drug-likeness (QED) is 0.916. The first-order valence-electron chi connectivity index (χ1n) is 7.21. The molecule has 1 aliphatic rings. The summed E-state index contributed by atoms with van der Waals surface area (Å²) in [6.07, 6.45) is 1.85. The van der Waals surface area contributed by atoms with Gasteiger partial charge in [0.05, 0.1) is 10.1 Å². The summed E-state index contributed by atoms with van der Waals surface area (Å²) in [6, 6.07) is 6.21. The van der Waals surface area contributed by atoms with E-state index in [1.807, 2.05) is 0 Å². The first-order valence-corrected chi connectivity index (χ1v) is 8.76. The topological polar surface area (TPSA) is 80.5 Å². The summed E-state index contributed by atoms with van der Waals surface area (Å²) in [5, 5.41) is -0.473. The molecule has 116 valence electrons. The van der Waals surface area contributed by atoms with Crippen LogP contribution in [0.3, 0.4) is 0 Å². The van der Waals surface area contributed by atoms with Crippen LogP contribution in [0.5, 0.6) is 0 Å². The summed E-state index contributed by atoms with van der Waals surface area (Å²) in [4.78, 5) is 14.4. The predicted octanol–water partition coefficient (Wildman–Crippen LogP) is 1.43.